The molecule has 0 saturated carbocycles. The second kappa shape index (κ2) is 6.01. The second-order valence-corrected chi connectivity index (χ2v) is 6.23. The molecule has 0 spiro atoms. The van der Waals surface area contributed by atoms with Crippen LogP contribution in [0.2, 0.25) is 0 Å². The van der Waals surface area contributed by atoms with Gasteiger partial charge >= 0.3 is 0 Å². The number of fused-ring (bicyclic) bond motifs is 1. The standard InChI is InChI=1S/C17H23N3O2/c1-10(2)15-12-5-7-20-16(12)14(8-13(15)17(18)21)22-9-11-4-3-6-19-11/h5,7-8,10-11,19-20H,3-4,6,9H2,1-2H3,(H2,18,21)/t11-/m1/s1. The highest BCUT2D eigenvalue weighted by Gasteiger charge is 2.21. The lowest BCUT2D eigenvalue weighted by molar-refractivity contribution is 0.0998. The minimum absolute atomic E-state index is 0.214. The summed E-state index contributed by atoms with van der Waals surface area (Å²) in [5.74, 6) is 0.508. The Labute approximate surface area is 130 Å². The van der Waals surface area contributed by atoms with Crippen molar-refractivity contribution in [3.63, 3.8) is 0 Å². The molecular formula is C17H23N3O2. The largest absolute Gasteiger partial charge is 0.490 e. The molecule has 1 aromatic heterocycles. The fourth-order valence-electron chi connectivity index (χ4n) is 3.25. The molecule has 118 valence electrons. The van der Waals surface area contributed by atoms with Gasteiger partial charge in [0.05, 0.1) is 5.52 Å². The first kappa shape index (κ1) is 14.9. The molecule has 1 fully saturated rings. The fourth-order valence-corrected chi connectivity index (χ4v) is 3.25. The summed E-state index contributed by atoms with van der Waals surface area (Å²) in [6.45, 7) is 5.78. The summed E-state index contributed by atoms with van der Waals surface area (Å²) in [5, 5.41) is 4.42. The van der Waals surface area contributed by atoms with Crippen molar-refractivity contribution in [2.75, 3.05) is 13.2 Å². The van der Waals surface area contributed by atoms with Gasteiger partial charge in [-0.05, 0) is 43.0 Å². The van der Waals surface area contributed by atoms with Crippen LogP contribution < -0.4 is 15.8 Å². The third kappa shape index (κ3) is 2.68. The number of nitrogens with two attached hydrogens (primary N) is 1. The van der Waals surface area contributed by atoms with Crippen LogP contribution in [0.3, 0.4) is 0 Å². The van der Waals surface area contributed by atoms with E-state index >= 15 is 0 Å². The average Bonchev–Trinajstić information content (AvgIpc) is 3.14. The van der Waals surface area contributed by atoms with Crippen molar-refractivity contribution in [3.05, 3.63) is 29.5 Å². The lowest BCUT2D eigenvalue weighted by atomic mass is 9.93. The van der Waals surface area contributed by atoms with Crippen LogP contribution in [0.15, 0.2) is 18.3 Å². The van der Waals surface area contributed by atoms with Crippen LogP contribution in [0.5, 0.6) is 5.75 Å². The van der Waals surface area contributed by atoms with E-state index in [4.69, 9.17) is 10.5 Å². The van der Waals surface area contributed by atoms with Gasteiger partial charge in [-0.15, -0.1) is 0 Å². The van der Waals surface area contributed by atoms with E-state index in [1.807, 2.05) is 12.3 Å². The molecule has 0 radical (unpaired) electrons. The number of hydrogen-bond acceptors (Lipinski definition) is 3. The summed E-state index contributed by atoms with van der Waals surface area (Å²) in [4.78, 5) is 15.1. The summed E-state index contributed by atoms with van der Waals surface area (Å²) in [7, 11) is 0. The van der Waals surface area contributed by atoms with Gasteiger partial charge in [-0.2, -0.15) is 0 Å². The molecule has 0 unspecified atom stereocenters. The number of hydrogen-bond donors (Lipinski definition) is 3. The number of rotatable bonds is 5. The van der Waals surface area contributed by atoms with Gasteiger partial charge in [0.15, 0.2) is 0 Å². The Kier molecular flexibility index (Phi) is 4.07. The van der Waals surface area contributed by atoms with E-state index in [9.17, 15) is 4.79 Å². The summed E-state index contributed by atoms with van der Waals surface area (Å²) in [5.41, 5.74) is 8.05. The Balaban J connectivity index is 2.00. The number of H-pyrrole nitrogens is 1. The van der Waals surface area contributed by atoms with Crippen LogP contribution in [0.4, 0.5) is 0 Å². The van der Waals surface area contributed by atoms with Crippen LogP contribution in [0, 0.1) is 0 Å². The normalized spacial score (nSPS) is 18.2. The SMILES string of the molecule is CC(C)c1c(C(N)=O)cc(OC[C@H]2CCCN2)c2[nH]ccc12. The average molecular weight is 301 g/mol. The predicted molar refractivity (Wildman–Crippen MR) is 87.4 cm³/mol. The van der Waals surface area contributed by atoms with E-state index in [0.717, 1.165) is 29.4 Å². The maximum Gasteiger partial charge on any atom is 0.249 e. The van der Waals surface area contributed by atoms with Gasteiger partial charge in [0.1, 0.15) is 12.4 Å². The van der Waals surface area contributed by atoms with E-state index in [0.29, 0.717) is 24.0 Å². The zero-order valence-corrected chi connectivity index (χ0v) is 13.1. The Hall–Kier alpha value is -2.01. The van der Waals surface area contributed by atoms with Gasteiger partial charge in [-0.1, -0.05) is 13.8 Å². The summed E-state index contributed by atoms with van der Waals surface area (Å²) in [6.07, 6.45) is 4.19. The van der Waals surface area contributed by atoms with Gasteiger partial charge in [0.25, 0.3) is 0 Å². The topological polar surface area (TPSA) is 80.1 Å². The zero-order valence-electron chi connectivity index (χ0n) is 13.1. The number of amides is 1. The van der Waals surface area contributed by atoms with Crippen LogP contribution in [0.1, 0.15) is 48.5 Å². The first-order valence-electron chi connectivity index (χ1n) is 7.88. The first-order valence-corrected chi connectivity index (χ1v) is 7.88. The van der Waals surface area contributed by atoms with E-state index in [1.54, 1.807) is 6.07 Å². The van der Waals surface area contributed by atoms with Crippen molar-refractivity contribution in [2.45, 2.75) is 38.6 Å². The Morgan fingerprint density at radius 3 is 2.95 bits per heavy atom. The van der Waals surface area contributed by atoms with Crippen molar-refractivity contribution in [1.29, 1.82) is 0 Å². The van der Waals surface area contributed by atoms with Crippen LogP contribution >= 0.6 is 0 Å². The van der Waals surface area contributed by atoms with Gasteiger partial charge in [-0.25, -0.2) is 0 Å². The maximum atomic E-state index is 11.8. The monoisotopic (exact) mass is 301 g/mol. The van der Waals surface area contributed by atoms with E-state index in [1.165, 1.54) is 6.42 Å². The number of aromatic nitrogens is 1. The molecule has 2 aromatic rings. The number of aromatic amines is 1. The number of ether oxygens (including phenoxy) is 1. The molecule has 0 bridgehead atoms. The summed E-state index contributed by atoms with van der Waals surface area (Å²) >= 11 is 0. The van der Waals surface area contributed by atoms with Crippen LogP contribution in [0.25, 0.3) is 10.9 Å². The van der Waals surface area contributed by atoms with Crippen molar-refractivity contribution >= 4 is 16.8 Å². The molecule has 4 N–H and O–H groups in total. The fraction of sp³-hybridized carbons (Fsp3) is 0.471. The molecule has 1 aliphatic rings. The smallest absolute Gasteiger partial charge is 0.249 e. The molecule has 0 aliphatic carbocycles. The molecule has 2 heterocycles. The maximum absolute atomic E-state index is 11.8. The number of carbonyl (C=O) groups is 1. The van der Waals surface area contributed by atoms with Crippen LogP contribution in [-0.2, 0) is 0 Å². The van der Waals surface area contributed by atoms with Crippen LogP contribution in [-0.4, -0.2) is 30.1 Å². The van der Waals surface area contributed by atoms with Crippen molar-refractivity contribution in [1.82, 2.24) is 10.3 Å². The molecule has 5 heteroatoms. The van der Waals surface area contributed by atoms with E-state index in [-0.39, 0.29) is 5.92 Å². The third-order valence-corrected chi connectivity index (χ3v) is 4.29. The number of nitrogens with one attached hydrogen (secondary N) is 2. The Bertz CT molecular complexity index is 685. The quantitative estimate of drug-likeness (QED) is 0.794. The highest BCUT2D eigenvalue weighted by molar-refractivity contribution is 6.02. The lowest BCUT2D eigenvalue weighted by Crippen LogP contribution is -2.28. The molecular weight excluding hydrogens is 278 g/mol. The second-order valence-electron chi connectivity index (χ2n) is 6.23. The van der Waals surface area contributed by atoms with Crippen molar-refractivity contribution < 1.29 is 9.53 Å². The number of benzene rings is 1. The zero-order chi connectivity index (χ0) is 15.7. The Morgan fingerprint density at radius 2 is 2.32 bits per heavy atom. The third-order valence-electron chi connectivity index (χ3n) is 4.29. The molecule has 3 rings (SSSR count). The van der Waals surface area contributed by atoms with Crippen molar-refractivity contribution in [2.24, 2.45) is 5.73 Å². The first-order chi connectivity index (χ1) is 10.6. The van der Waals surface area contributed by atoms with Gasteiger partial charge in [0.2, 0.25) is 5.91 Å². The molecule has 1 saturated heterocycles. The molecule has 1 amide bonds. The molecule has 22 heavy (non-hydrogen) atoms. The minimum atomic E-state index is -0.407. The number of carbonyl (C=O) groups excluding carboxylic acids is 1. The Morgan fingerprint density at radius 1 is 1.50 bits per heavy atom. The minimum Gasteiger partial charge on any atom is -0.490 e. The number of primary amides is 1. The van der Waals surface area contributed by atoms with E-state index in [2.05, 4.69) is 24.1 Å². The molecule has 5 nitrogen and oxygen atoms in total. The van der Waals surface area contributed by atoms with Gasteiger partial charge < -0.3 is 20.8 Å². The molecule has 1 atom stereocenters. The van der Waals surface area contributed by atoms with Gasteiger partial charge in [-0.3, -0.25) is 4.79 Å². The predicted octanol–water partition coefficient (Wildman–Crippen LogP) is 2.52. The molecule has 1 aromatic carbocycles. The lowest BCUT2D eigenvalue weighted by Gasteiger charge is -2.17. The summed E-state index contributed by atoms with van der Waals surface area (Å²) < 4.78 is 5.99. The highest BCUT2D eigenvalue weighted by atomic mass is 16.5. The highest BCUT2D eigenvalue weighted by Crippen LogP contribution is 2.35. The molecule has 1 aliphatic heterocycles. The summed E-state index contributed by atoms with van der Waals surface area (Å²) in [6, 6.07) is 4.15. The van der Waals surface area contributed by atoms with Gasteiger partial charge in [0, 0.05) is 23.2 Å². The van der Waals surface area contributed by atoms with E-state index < -0.39 is 5.91 Å². The van der Waals surface area contributed by atoms with Crippen molar-refractivity contribution in [3.8, 4) is 5.75 Å².